The minimum Gasteiger partial charge on any atom is -0.458 e. The first-order valence-electron chi connectivity index (χ1n) is 14.0. The minimum atomic E-state index is -1.31. The summed E-state index contributed by atoms with van der Waals surface area (Å²) in [6, 6.07) is 8.71. The van der Waals surface area contributed by atoms with Gasteiger partial charge in [-0.2, -0.15) is 0 Å². The Hall–Kier alpha value is -1.55. The molecule has 4 N–H and O–H groups in total. The number of benzene rings is 1. The SMILES string of the molecule is CCN1C[C@]2(CO)CC[C@H](O)[C@@]34[C@@H]5C[C@H]6[C@H](OC(=O)c7ccccc7)[C@@H]5[C@](O)(C[C@@H]6OC)C(C(O)[C@H]23)[C@@H]14. The van der Waals surface area contributed by atoms with Crippen LogP contribution in [0.5, 0.6) is 0 Å². The quantitative estimate of drug-likeness (QED) is 0.432. The molecule has 7 rings (SSSR count). The second-order valence-electron chi connectivity index (χ2n) is 12.8. The van der Waals surface area contributed by atoms with Gasteiger partial charge in [-0.25, -0.2) is 4.79 Å². The number of hydrogen-bond acceptors (Lipinski definition) is 8. The molecule has 1 aliphatic heterocycles. The monoisotopic (exact) mass is 513 g/mol. The number of aliphatic hydroxyl groups excluding tert-OH is 3. The molecule has 37 heavy (non-hydrogen) atoms. The van der Waals surface area contributed by atoms with E-state index >= 15 is 0 Å². The average Bonchev–Trinajstić information content (AvgIpc) is 3.33. The molecule has 202 valence electrons. The second-order valence-corrected chi connectivity index (χ2v) is 12.8. The summed E-state index contributed by atoms with van der Waals surface area (Å²) in [5, 5.41) is 47.5. The van der Waals surface area contributed by atoms with Gasteiger partial charge >= 0.3 is 5.97 Å². The highest BCUT2D eigenvalue weighted by molar-refractivity contribution is 5.89. The predicted molar refractivity (Wildman–Crippen MR) is 132 cm³/mol. The molecule has 1 aromatic carbocycles. The Morgan fingerprint density at radius 1 is 1.19 bits per heavy atom. The van der Waals surface area contributed by atoms with Crippen LogP contribution in [0.2, 0.25) is 0 Å². The molecular formula is C29H39NO7. The average molecular weight is 514 g/mol. The third-order valence-corrected chi connectivity index (χ3v) is 12.0. The molecule has 1 heterocycles. The number of hydrogen-bond donors (Lipinski definition) is 4. The summed E-state index contributed by atoms with van der Waals surface area (Å²) in [6.45, 7) is 3.41. The number of carbonyl (C=O) groups excluding carboxylic acids is 1. The van der Waals surface area contributed by atoms with Crippen LogP contribution in [0.4, 0.5) is 0 Å². The number of rotatable bonds is 5. The minimum absolute atomic E-state index is 0.0501. The Morgan fingerprint density at radius 3 is 2.62 bits per heavy atom. The molecule has 8 heteroatoms. The Balaban J connectivity index is 1.39. The van der Waals surface area contributed by atoms with Crippen LogP contribution < -0.4 is 0 Å². The molecule has 13 atom stereocenters. The lowest BCUT2D eigenvalue weighted by Crippen LogP contribution is -2.76. The smallest absolute Gasteiger partial charge is 0.338 e. The molecule has 1 aromatic rings. The van der Waals surface area contributed by atoms with E-state index in [-0.39, 0.29) is 36.5 Å². The molecule has 1 saturated heterocycles. The van der Waals surface area contributed by atoms with Gasteiger partial charge in [-0.15, -0.1) is 0 Å². The van der Waals surface area contributed by atoms with Crippen molar-refractivity contribution in [2.45, 2.75) is 68.7 Å². The van der Waals surface area contributed by atoms with Crippen LogP contribution in [0.25, 0.3) is 0 Å². The molecule has 0 aromatic heterocycles. The Bertz CT molecular complexity index is 1090. The first-order chi connectivity index (χ1) is 17.8. The fraction of sp³-hybridized carbons (Fsp3) is 0.759. The first kappa shape index (κ1) is 24.5. The second kappa shape index (κ2) is 7.99. The number of likely N-dealkylation sites (tertiary alicyclic amines) is 1. The van der Waals surface area contributed by atoms with E-state index < -0.39 is 52.5 Å². The van der Waals surface area contributed by atoms with Gasteiger partial charge in [0.15, 0.2) is 0 Å². The largest absolute Gasteiger partial charge is 0.458 e. The van der Waals surface area contributed by atoms with Gasteiger partial charge in [0.1, 0.15) is 6.10 Å². The highest BCUT2D eigenvalue weighted by atomic mass is 16.6. The maximum Gasteiger partial charge on any atom is 0.338 e. The van der Waals surface area contributed by atoms with Gasteiger partial charge in [-0.1, -0.05) is 25.1 Å². The maximum atomic E-state index is 13.3. The molecule has 1 spiro atoms. The van der Waals surface area contributed by atoms with Crippen LogP contribution >= 0.6 is 0 Å². The van der Waals surface area contributed by atoms with Crippen LogP contribution in [0.1, 0.15) is 43.0 Å². The molecule has 0 amide bonds. The van der Waals surface area contributed by atoms with E-state index in [9.17, 15) is 25.2 Å². The van der Waals surface area contributed by atoms with Gasteiger partial charge in [0.2, 0.25) is 0 Å². The summed E-state index contributed by atoms with van der Waals surface area (Å²) < 4.78 is 12.2. The summed E-state index contributed by atoms with van der Waals surface area (Å²) >= 11 is 0. The predicted octanol–water partition coefficient (Wildman–Crippen LogP) is 1.06. The van der Waals surface area contributed by atoms with Crippen molar-refractivity contribution >= 4 is 5.97 Å². The van der Waals surface area contributed by atoms with E-state index in [1.165, 1.54) is 0 Å². The number of nitrogens with zero attached hydrogens (tertiary/aromatic N) is 1. The van der Waals surface area contributed by atoms with Gasteiger partial charge in [-0.3, -0.25) is 4.90 Å². The van der Waals surface area contributed by atoms with Gasteiger partial charge in [0.05, 0.1) is 36.1 Å². The molecule has 2 unspecified atom stereocenters. The summed E-state index contributed by atoms with van der Waals surface area (Å²) in [7, 11) is 1.64. The van der Waals surface area contributed by atoms with Crippen molar-refractivity contribution in [1.82, 2.24) is 4.90 Å². The van der Waals surface area contributed by atoms with Crippen molar-refractivity contribution in [3.63, 3.8) is 0 Å². The van der Waals surface area contributed by atoms with Crippen molar-refractivity contribution in [2.24, 2.45) is 40.4 Å². The third-order valence-electron chi connectivity index (χ3n) is 12.0. The fourth-order valence-electron chi connectivity index (χ4n) is 11.1. The van der Waals surface area contributed by atoms with Crippen molar-refractivity contribution in [2.75, 3.05) is 26.8 Å². The standard InChI is InChI=1S/C29H39NO7/c1-3-30-13-27(14-31)10-9-19(32)29-17-11-16-18(36-2)12-28(35,21(25(29)30)22(33)24(27)29)20(17)23(16)37-26(34)15-7-5-4-6-8-15/h4-8,16-25,31-33,35H,3,9-14H2,1-2H3/t16-,17-,18+,19+,20-,21?,22?,23+,24-,25-,27+,28-,29+/m1/s1. The highest BCUT2D eigenvalue weighted by Crippen LogP contribution is 2.78. The summed E-state index contributed by atoms with van der Waals surface area (Å²) in [5.74, 6) is -1.91. The van der Waals surface area contributed by atoms with Gasteiger partial charge in [-0.05, 0) is 43.9 Å². The molecule has 7 bridgehead atoms. The fourth-order valence-corrected chi connectivity index (χ4v) is 11.1. The van der Waals surface area contributed by atoms with E-state index in [1.54, 1.807) is 31.4 Å². The molecular weight excluding hydrogens is 474 g/mol. The maximum absolute atomic E-state index is 13.3. The molecule has 6 fully saturated rings. The third kappa shape index (κ3) is 2.72. The molecule has 5 aliphatic carbocycles. The van der Waals surface area contributed by atoms with Crippen molar-refractivity contribution in [3.05, 3.63) is 35.9 Å². The van der Waals surface area contributed by atoms with E-state index in [1.807, 2.05) is 6.07 Å². The number of esters is 1. The van der Waals surface area contributed by atoms with Crippen LogP contribution in [-0.4, -0.2) is 94.2 Å². The summed E-state index contributed by atoms with van der Waals surface area (Å²) in [4.78, 5) is 15.6. The Morgan fingerprint density at radius 2 is 1.95 bits per heavy atom. The van der Waals surface area contributed by atoms with Gasteiger partial charge < -0.3 is 29.9 Å². The Labute approximate surface area is 217 Å². The van der Waals surface area contributed by atoms with Crippen LogP contribution in [0.15, 0.2) is 30.3 Å². The van der Waals surface area contributed by atoms with E-state index in [0.717, 1.165) is 0 Å². The zero-order valence-corrected chi connectivity index (χ0v) is 21.6. The van der Waals surface area contributed by atoms with Gasteiger partial charge in [0.25, 0.3) is 0 Å². The number of piperidine rings is 1. The van der Waals surface area contributed by atoms with E-state index in [4.69, 9.17) is 9.47 Å². The van der Waals surface area contributed by atoms with Crippen molar-refractivity contribution < 1.29 is 34.7 Å². The van der Waals surface area contributed by atoms with E-state index in [2.05, 4.69) is 11.8 Å². The Kier molecular flexibility index (Phi) is 5.29. The zero-order chi connectivity index (χ0) is 25.9. The lowest BCUT2D eigenvalue weighted by atomic mass is 9.43. The number of ether oxygens (including phenoxy) is 2. The van der Waals surface area contributed by atoms with Crippen LogP contribution in [0, 0.1) is 40.4 Å². The van der Waals surface area contributed by atoms with Gasteiger partial charge in [0, 0.05) is 60.6 Å². The van der Waals surface area contributed by atoms with Crippen LogP contribution in [0.3, 0.4) is 0 Å². The molecule has 5 saturated carbocycles. The molecule has 0 radical (unpaired) electrons. The molecule has 8 nitrogen and oxygen atoms in total. The van der Waals surface area contributed by atoms with Crippen molar-refractivity contribution in [3.8, 4) is 0 Å². The van der Waals surface area contributed by atoms with E-state index in [0.29, 0.717) is 44.3 Å². The number of carbonyl (C=O) groups is 1. The molecule has 6 aliphatic rings. The topological polar surface area (TPSA) is 120 Å². The normalized spacial score (nSPS) is 53.2. The summed E-state index contributed by atoms with van der Waals surface area (Å²) in [5.41, 5.74) is -2.05. The number of aliphatic hydroxyl groups is 4. The van der Waals surface area contributed by atoms with Crippen molar-refractivity contribution in [1.29, 1.82) is 0 Å². The lowest BCUT2D eigenvalue weighted by molar-refractivity contribution is -0.271. The highest BCUT2D eigenvalue weighted by Gasteiger charge is 2.86. The zero-order valence-electron chi connectivity index (χ0n) is 21.6. The first-order valence-corrected chi connectivity index (χ1v) is 14.0. The lowest BCUT2D eigenvalue weighted by Gasteiger charge is -2.68. The number of fused-ring (bicyclic) bond motifs is 2. The summed E-state index contributed by atoms with van der Waals surface area (Å²) in [6.07, 6.45) is -0.164. The van der Waals surface area contributed by atoms with Crippen LogP contribution in [-0.2, 0) is 9.47 Å². The number of methoxy groups -OCH3 is 1.